The van der Waals surface area contributed by atoms with E-state index in [1.807, 2.05) is 0 Å². The Hall–Kier alpha value is -1.02. The van der Waals surface area contributed by atoms with Crippen LogP contribution in [0.15, 0.2) is 18.2 Å². The van der Waals surface area contributed by atoms with Crippen molar-refractivity contribution < 1.29 is 0 Å². The molecule has 0 aliphatic rings. The van der Waals surface area contributed by atoms with Gasteiger partial charge >= 0.3 is 0 Å². The number of anilines is 1. The van der Waals surface area contributed by atoms with Gasteiger partial charge in [0.1, 0.15) is 0 Å². The zero-order valence-electron chi connectivity index (χ0n) is 9.30. The van der Waals surface area contributed by atoms with Gasteiger partial charge in [0.15, 0.2) is 0 Å². The topological polar surface area (TPSA) is 38.0 Å². The highest BCUT2D eigenvalue weighted by molar-refractivity contribution is 5.48. The molecule has 1 unspecified atom stereocenters. The van der Waals surface area contributed by atoms with Crippen LogP contribution in [0.5, 0.6) is 0 Å². The Morgan fingerprint density at radius 1 is 1.21 bits per heavy atom. The number of hydrogen-bond acceptors (Lipinski definition) is 2. The normalized spacial score (nSPS) is 12.6. The van der Waals surface area contributed by atoms with Crippen molar-refractivity contribution in [3.63, 3.8) is 0 Å². The number of nitrogens with one attached hydrogen (secondary N) is 1. The van der Waals surface area contributed by atoms with Gasteiger partial charge in [-0.2, -0.15) is 0 Å². The Kier molecular flexibility index (Phi) is 3.96. The van der Waals surface area contributed by atoms with E-state index in [9.17, 15) is 0 Å². The molecular weight excluding hydrogens is 172 g/mol. The van der Waals surface area contributed by atoms with Crippen LogP contribution < -0.4 is 11.1 Å². The van der Waals surface area contributed by atoms with Gasteiger partial charge in [-0.15, -0.1) is 0 Å². The van der Waals surface area contributed by atoms with Crippen molar-refractivity contribution in [1.29, 1.82) is 0 Å². The van der Waals surface area contributed by atoms with Crippen LogP contribution in [0, 0.1) is 13.8 Å². The van der Waals surface area contributed by atoms with E-state index in [1.54, 1.807) is 0 Å². The first-order chi connectivity index (χ1) is 6.61. The molecule has 0 aromatic heterocycles. The van der Waals surface area contributed by atoms with Gasteiger partial charge in [0.05, 0.1) is 0 Å². The van der Waals surface area contributed by atoms with E-state index in [1.165, 1.54) is 16.8 Å². The molecule has 1 aromatic carbocycles. The fraction of sp³-hybridized carbons (Fsp3) is 0.500. The van der Waals surface area contributed by atoms with Crippen LogP contribution in [0.3, 0.4) is 0 Å². The first kappa shape index (κ1) is 11.1. The summed E-state index contributed by atoms with van der Waals surface area (Å²) in [5.41, 5.74) is 9.59. The van der Waals surface area contributed by atoms with Crippen LogP contribution in [-0.2, 0) is 0 Å². The summed E-state index contributed by atoms with van der Waals surface area (Å²) in [4.78, 5) is 0. The molecule has 0 spiro atoms. The number of nitrogens with two attached hydrogens (primary N) is 1. The molecule has 0 bridgehead atoms. The van der Waals surface area contributed by atoms with Gasteiger partial charge in [0.25, 0.3) is 0 Å². The first-order valence-electron chi connectivity index (χ1n) is 5.19. The highest BCUT2D eigenvalue weighted by Crippen LogP contribution is 2.13. The summed E-state index contributed by atoms with van der Waals surface area (Å²) in [6, 6.07) is 6.71. The molecule has 0 fully saturated rings. The predicted molar refractivity (Wildman–Crippen MR) is 62.7 cm³/mol. The Bertz CT molecular complexity index is 274. The van der Waals surface area contributed by atoms with E-state index >= 15 is 0 Å². The van der Waals surface area contributed by atoms with Crippen LogP contribution in [0.25, 0.3) is 0 Å². The summed E-state index contributed by atoms with van der Waals surface area (Å²) in [5.74, 6) is 0. The average Bonchev–Trinajstić information content (AvgIpc) is 2.12. The molecule has 0 saturated carbocycles. The van der Waals surface area contributed by atoms with Crippen molar-refractivity contribution in [2.75, 3.05) is 11.9 Å². The van der Waals surface area contributed by atoms with E-state index in [4.69, 9.17) is 5.73 Å². The smallest absolute Gasteiger partial charge is 0.0346 e. The number of hydrogen-bond donors (Lipinski definition) is 2. The van der Waals surface area contributed by atoms with Crippen molar-refractivity contribution in [1.82, 2.24) is 0 Å². The SMILES string of the molecule is CCC(N)CNc1cc(C)cc(C)c1. The van der Waals surface area contributed by atoms with Crippen LogP contribution >= 0.6 is 0 Å². The maximum absolute atomic E-state index is 5.83. The third kappa shape index (κ3) is 3.38. The lowest BCUT2D eigenvalue weighted by Crippen LogP contribution is -2.28. The minimum Gasteiger partial charge on any atom is -0.383 e. The average molecular weight is 192 g/mol. The molecular formula is C12H20N2. The van der Waals surface area contributed by atoms with E-state index < -0.39 is 0 Å². The molecule has 0 radical (unpaired) electrons. The van der Waals surface area contributed by atoms with Gasteiger partial charge in [0.2, 0.25) is 0 Å². The standard InChI is InChI=1S/C12H20N2/c1-4-11(13)8-14-12-6-9(2)5-10(3)7-12/h5-7,11,14H,4,8,13H2,1-3H3. The van der Waals surface area contributed by atoms with Crippen molar-refractivity contribution in [3.05, 3.63) is 29.3 Å². The molecule has 3 N–H and O–H groups in total. The zero-order valence-corrected chi connectivity index (χ0v) is 9.30. The molecule has 0 aliphatic carbocycles. The van der Waals surface area contributed by atoms with Gasteiger partial charge < -0.3 is 11.1 Å². The second-order valence-corrected chi connectivity index (χ2v) is 3.93. The van der Waals surface area contributed by atoms with Crippen molar-refractivity contribution >= 4 is 5.69 Å². The molecule has 2 heteroatoms. The Labute approximate surface area is 86.5 Å². The predicted octanol–water partition coefficient (Wildman–Crippen LogP) is 2.45. The van der Waals surface area contributed by atoms with E-state index in [0.717, 1.165) is 13.0 Å². The third-order valence-electron chi connectivity index (χ3n) is 2.31. The molecule has 78 valence electrons. The van der Waals surface area contributed by atoms with Crippen LogP contribution in [-0.4, -0.2) is 12.6 Å². The minimum absolute atomic E-state index is 0.246. The summed E-state index contributed by atoms with van der Waals surface area (Å²) < 4.78 is 0. The molecule has 0 amide bonds. The highest BCUT2D eigenvalue weighted by Gasteiger charge is 1.99. The number of aryl methyl sites for hydroxylation is 2. The fourth-order valence-electron chi connectivity index (χ4n) is 1.47. The van der Waals surface area contributed by atoms with Crippen molar-refractivity contribution in [2.24, 2.45) is 5.73 Å². The Morgan fingerprint density at radius 3 is 2.29 bits per heavy atom. The molecule has 2 nitrogen and oxygen atoms in total. The molecule has 1 rings (SSSR count). The molecule has 1 aromatic rings. The second-order valence-electron chi connectivity index (χ2n) is 3.93. The van der Waals surface area contributed by atoms with Crippen molar-refractivity contribution in [2.45, 2.75) is 33.2 Å². The Balaban J connectivity index is 2.58. The first-order valence-corrected chi connectivity index (χ1v) is 5.19. The minimum atomic E-state index is 0.246. The van der Waals surface area contributed by atoms with Crippen molar-refractivity contribution in [3.8, 4) is 0 Å². The summed E-state index contributed by atoms with van der Waals surface area (Å²) in [7, 11) is 0. The molecule has 1 atom stereocenters. The zero-order chi connectivity index (χ0) is 10.6. The number of rotatable bonds is 4. The lowest BCUT2D eigenvalue weighted by atomic mass is 10.1. The number of benzene rings is 1. The maximum atomic E-state index is 5.83. The molecule has 0 aliphatic heterocycles. The monoisotopic (exact) mass is 192 g/mol. The third-order valence-corrected chi connectivity index (χ3v) is 2.31. The molecule has 14 heavy (non-hydrogen) atoms. The van der Waals surface area contributed by atoms with Gasteiger partial charge in [0, 0.05) is 18.3 Å². The summed E-state index contributed by atoms with van der Waals surface area (Å²) in [5, 5.41) is 3.35. The van der Waals surface area contributed by atoms with Crippen LogP contribution in [0.2, 0.25) is 0 Å². The summed E-state index contributed by atoms with van der Waals surface area (Å²) >= 11 is 0. The van der Waals surface area contributed by atoms with E-state index in [0.29, 0.717) is 0 Å². The second kappa shape index (κ2) is 5.01. The highest BCUT2D eigenvalue weighted by atomic mass is 14.9. The quantitative estimate of drug-likeness (QED) is 0.769. The lowest BCUT2D eigenvalue weighted by Gasteiger charge is -2.12. The van der Waals surface area contributed by atoms with E-state index in [2.05, 4.69) is 44.3 Å². The fourth-order valence-corrected chi connectivity index (χ4v) is 1.47. The van der Waals surface area contributed by atoms with Gasteiger partial charge in [-0.3, -0.25) is 0 Å². The maximum Gasteiger partial charge on any atom is 0.0346 e. The van der Waals surface area contributed by atoms with Gasteiger partial charge in [-0.05, 0) is 43.5 Å². The summed E-state index contributed by atoms with van der Waals surface area (Å²) in [6.45, 7) is 7.17. The van der Waals surface area contributed by atoms with E-state index in [-0.39, 0.29) is 6.04 Å². The molecule has 0 saturated heterocycles. The van der Waals surface area contributed by atoms with Gasteiger partial charge in [-0.25, -0.2) is 0 Å². The lowest BCUT2D eigenvalue weighted by molar-refractivity contribution is 0.679. The Morgan fingerprint density at radius 2 is 1.79 bits per heavy atom. The van der Waals surface area contributed by atoms with Crippen LogP contribution in [0.1, 0.15) is 24.5 Å². The van der Waals surface area contributed by atoms with Crippen LogP contribution in [0.4, 0.5) is 5.69 Å². The largest absolute Gasteiger partial charge is 0.383 e. The molecule has 0 heterocycles. The van der Waals surface area contributed by atoms with Gasteiger partial charge in [-0.1, -0.05) is 13.0 Å². The summed E-state index contributed by atoms with van der Waals surface area (Å²) in [6.07, 6.45) is 1.01.